The van der Waals surface area contributed by atoms with Crippen LogP contribution in [0.5, 0.6) is 0 Å². The largest absolute Gasteiger partial charge is 0.466 e. The molecule has 0 saturated heterocycles. The molecule has 0 unspecified atom stereocenters. The molecule has 0 fully saturated rings. The van der Waals surface area contributed by atoms with E-state index in [0.29, 0.717) is 18.7 Å². The van der Waals surface area contributed by atoms with E-state index < -0.39 is 0 Å². The molecule has 0 bridgehead atoms. The molecule has 1 aromatic rings. The van der Waals surface area contributed by atoms with Crippen molar-refractivity contribution in [1.82, 2.24) is 5.32 Å². The van der Waals surface area contributed by atoms with Crippen LogP contribution in [-0.4, -0.2) is 25.0 Å². The number of unbranched alkanes of at least 4 members (excludes halogenated alkanes) is 9. The monoisotopic (exact) mass is 439 g/mol. The molecule has 1 aromatic carbocycles. The summed E-state index contributed by atoms with van der Waals surface area (Å²) in [6.07, 6.45) is 12.8. The first-order valence-corrected chi connectivity index (χ1v) is 11.1. The van der Waals surface area contributed by atoms with E-state index >= 15 is 0 Å². The van der Waals surface area contributed by atoms with Gasteiger partial charge in [0.2, 0.25) is 0 Å². The molecular formula is C22H34BrNO3. The molecule has 0 atom stereocenters. The summed E-state index contributed by atoms with van der Waals surface area (Å²) >= 11 is 3.34. The third-order valence-corrected chi connectivity index (χ3v) is 4.96. The highest BCUT2D eigenvalue weighted by molar-refractivity contribution is 9.10. The zero-order valence-electron chi connectivity index (χ0n) is 16.6. The summed E-state index contributed by atoms with van der Waals surface area (Å²) in [4.78, 5) is 23.6. The maximum absolute atomic E-state index is 12.0. The lowest BCUT2D eigenvalue weighted by Gasteiger charge is -2.07. The first kappa shape index (κ1) is 23.7. The molecule has 0 aliphatic carbocycles. The maximum Gasteiger partial charge on any atom is 0.307 e. The average Bonchev–Trinajstić information content (AvgIpc) is 2.66. The number of benzene rings is 1. The van der Waals surface area contributed by atoms with E-state index in [2.05, 4.69) is 28.2 Å². The molecule has 0 aliphatic rings. The molecule has 0 aliphatic heterocycles. The molecule has 1 rings (SSSR count). The summed E-state index contributed by atoms with van der Waals surface area (Å²) in [5, 5.41) is 2.74. The highest BCUT2D eigenvalue weighted by Gasteiger charge is 2.07. The number of ether oxygens (including phenoxy) is 1. The van der Waals surface area contributed by atoms with Crippen LogP contribution >= 0.6 is 15.9 Å². The van der Waals surface area contributed by atoms with Crippen molar-refractivity contribution in [3.05, 3.63) is 34.3 Å². The highest BCUT2D eigenvalue weighted by Crippen LogP contribution is 2.12. The number of carbonyl (C=O) groups excluding carboxylic acids is 2. The summed E-state index contributed by atoms with van der Waals surface area (Å²) in [6, 6.07) is 7.16. The van der Waals surface area contributed by atoms with Gasteiger partial charge in [-0.2, -0.15) is 0 Å². The normalized spacial score (nSPS) is 10.6. The van der Waals surface area contributed by atoms with Gasteiger partial charge in [-0.3, -0.25) is 9.59 Å². The van der Waals surface area contributed by atoms with Crippen molar-refractivity contribution in [1.29, 1.82) is 0 Å². The lowest BCUT2D eigenvalue weighted by atomic mass is 10.1. The van der Waals surface area contributed by atoms with Crippen LogP contribution in [0, 0.1) is 0 Å². The first-order chi connectivity index (χ1) is 13.1. The second-order valence-corrected chi connectivity index (χ2v) is 7.83. The molecule has 4 nitrogen and oxygen atoms in total. The van der Waals surface area contributed by atoms with Gasteiger partial charge < -0.3 is 10.1 Å². The van der Waals surface area contributed by atoms with Gasteiger partial charge in [0.25, 0.3) is 5.91 Å². The quantitative estimate of drug-likeness (QED) is 0.268. The van der Waals surface area contributed by atoms with Crippen LogP contribution in [0.2, 0.25) is 0 Å². The Morgan fingerprint density at radius 2 is 1.59 bits per heavy atom. The van der Waals surface area contributed by atoms with Crippen LogP contribution < -0.4 is 5.32 Å². The van der Waals surface area contributed by atoms with Crippen molar-refractivity contribution in [2.24, 2.45) is 0 Å². The minimum absolute atomic E-state index is 0.182. The summed E-state index contributed by atoms with van der Waals surface area (Å²) in [5.41, 5.74) is 0.572. The van der Waals surface area contributed by atoms with Crippen molar-refractivity contribution < 1.29 is 14.3 Å². The van der Waals surface area contributed by atoms with Crippen LogP contribution in [0.3, 0.4) is 0 Å². The highest BCUT2D eigenvalue weighted by atomic mass is 79.9. The Balaban J connectivity index is 1.93. The molecule has 0 saturated carbocycles. The topological polar surface area (TPSA) is 55.4 Å². The fraction of sp³-hybridized carbons (Fsp3) is 0.636. The van der Waals surface area contributed by atoms with Gasteiger partial charge in [-0.05, 0) is 24.6 Å². The van der Waals surface area contributed by atoms with Gasteiger partial charge in [-0.25, -0.2) is 0 Å². The number of amides is 1. The van der Waals surface area contributed by atoms with Crippen molar-refractivity contribution in [3.63, 3.8) is 0 Å². The van der Waals surface area contributed by atoms with Crippen molar-refractivity contribution in [3.8, 4) is 0 Å². The third kappa shape index (κ3) is 12.6. The Hall–Kier alpha value is -1.36. The van der Waals surface area contributed by atoms with Gasteiger partial charge in [0.1, 0.15) is 0 Å². The summed E-state index contributed by atoms with van der Waals surface area (Å²) in [6.45, 7) is 3.02. The molecule has 0 heterocycles. The van der Waals surface area contributed by atoms with Crippen LogP contribution in [0.25, 0.3) is 0 Å². The number of nitrogens with one attached hydrogen (secondary N) is 1. The SMILES string of the molecule is CCCCCCCCCCCCOC(=O)CCNC(=O)c1cccc(Br)c1. The minimum atomic E-state index is -0.250. The average molecular weight is 440 g/mol. The smallest absolute Gasteiger partial charge is 0.307 e. The van der Waals surface area contributed by atoms with Gasteiger partial charge in [-0.1, -0.05) is 86.7 Å². The molecular weight excluding hydrogens is 406 g/mol. The summed E-state index contributed by atoms with van der Waals surface area (Å²) < 4.78 is 6.08. The second-order valence-electron chi connectivity index (χ2n) is 6.92. The molecule has 0 spiro atoms. The fourth-order valence-electron chi connectivity index (χ4n) is 2.86. The second kappa shape index (κ2) is 15.7. The van der Waals surface area contributed by atoms with Crippen LogP contribution in [0.1, 0.15) is 87.9 Å². The fourth-order valence-corrected chi connectivity index (χ4v) is 3.26. The van der Waals surface area contributed by atoms with E-state index in [1.54, 1.807) is 18.2 Å². The van der Waals surface area contributed by atoms with E-state index in [-0.39, 0.29) is 18.3 Å². The van der Waals surface area contributed by atoms with Crippen LogP contribution in [-0.2, 0) is 9.53 Å². The molecule has 0 aromatic heterocycles. The van der Waals surface area contributed by atoms with E-state index in [9.17, 15) is 9.59 Å². The van der Waals surface area contributed by atoms with Gasteiger partial charge >= 0.3 is 5.97 Å². The number of hydrogen-bond acceptors (Lipinski definition) is 3. The lowest BCUT2D eigenvalue weighted by Crippen LogP contribution is -2.26. The maximum atomic E-state index is 12.0. The van der Waals surface area contributed by atoms with E-state index in [4.69, 9.17) is 4.74 Å². The predicted octanol–water partition coefficient (Wildman–Crippen LogP) is 6.03. The summed E-state index contributed by atoms with van der Waals surface area (Å²) in [7, 11) is 0. The van der Waals surface area contributed by atoms with E-state index in [0.717, 1.165) is 17.3 Å². The van der Waals surface area contributed by atoms with Crippen LogP contribution in [0.15, 0.2) is 28.7 Å². The van der Waals surface area contributed by atoms with E-state index in [1.807, 2.05) is 6.07 Å². The Labute approximate surface area is 172 Å². The van der Waals surface area contributed by atoms with Crippen molar-refractivity contribution >= 4 is 27.8 Å². The van der Waals surface area contributed by atoms with Gasteiger partial charge in [-0.15, -0.1) is 0 Å². The Morgan fingerprint density at radius 3 is 2.22 bits per heavy atom. The first-order valence-electron chi connectivity index (χ1n) is 10.3. The van der Waals surface area contributed by atoms with Crippen molar-refractivity contribution in [2.75, 3.05) is 13.2 Å². The predicted molar refractivity (Wildman–Crippen MR) is 114 cm³/mol. The number of hydrogen-bond donors (Lipinski definition) is 1. The zero-order chi connectivity index (χ0) is 19.7. The summed E-state index contributed by atoms with van der Waals surface area (Å²) in [5.74, 6) is -0.431. The van der Waals surface area contributed by atoms with E-state index in [1.165, 1.54) is 51.4 Å². The molecule has 27 heavy (non-hydrogen) atoms. The van der Waals surface area contributed by atoms with Crippen LogP contribution in [0.4, 0.5) is 0 Å². The standard InChI is InChI=1S/C22H34BrNO3/c1-2-3-4-5-6-7-8-9-10-11-17-27-21(25)15-16-24-22(26)19-13-12-14-20(23)18-19/h12-14,18H,2-11,15-17H2,1H3,(H,24,26). The number of esters is 1. The van der Waals surface area contributed by atoms with Gasteiger partial charge in [0.15, 0.2) is 0 Å². The number of carbonyl (C=O) groups is 2. The lowest BCUT2D eigenvalue weighted by molar-refractivity contribution is -0.143. The molecule has 0 radical (unpaired) electrons. The van der Waals surface area contributed by atoms with Crippen molar-refractivity contribution in [2.45, 2.75) is 77.6 Å². The number of halogens is 1. The molecule has 152 valence electrons. The van der Waals surface area contributed by atoms with Gasteiger partial charge in [0, 0.05) is 16.6 Å². The number of rotatable bonds is 15. The Morgan fingerprint density at radius 1 is 0.963 bits per heavy atom. The Bertz CT molecular complexity index is 548. The Kier molecular flexibility index (Phi) is 13.7. The third-order valence-electron chi connectivity index (χ3n) is 4.46. The minimum Gasteiger partial charge on any atom is -0.466 e. The zero-order valence-corrected chi connectivity index (χ0v) is 18.2. The molecule has 1 N–H and O–H groups in total. The van der Waals surface area contributed by atoms with Gasteiger partial charge in [0.05, 0.1) is 13.0 Å². The molecule has 1 amide bonds. The molecule has 5 heteroatoms.